The molecule has 0 aliphatic rings. The van der Waals surface area contributed by atoms with Crippen molar-refractivity contribution in [2.24, 2.45) is 0 Å². The molecule has 0 heterocycles. The quantitative estimate of drug-likeness (QED) is 0.383. The van der Waals surface area contributed by atoms with E-state index in [1.165, 1.54) is 27.7 Å². The molecule has 0 fully saturated rings. The Morgan fingerprint density at radius 3 is 2.13 bits per heavy atom. The number of carbonyl (C=O) groups excluding carboxylic acids is 1. The topological polar surface area (TPSA) is 89.6 Å². The zero-order valence-electron chi connectivity index (χ0n) is 13.2. The van der Waals surface area contributed by atoms with Gasteiger partial charge in [0.2, 0.25) is 0 Å². The van der Waals surface area contributed by atoms with Gasteiger partial charge < -0.3 is 15.6 Å². The first-order valence-electron chi connectivity index (χ1n) is 6.78. The summed E-state index contributed by atoms with van der Waals surface area (Å²) in [4.78, 5) is 24.1. The zero-order chi connectivity index (χ0) is 18.2. The van der Waals surface area contributed by atoms with Crippen LogP contribution in [0.1, 0.15) is 39.7 Å². The fraction of sp³-hybridized carbons (Fsp3) is 0.467. The lowest BCUT2D eigenvalue weighted by atomic mass is 9.77. The molecular formula is C15H18F3NO4. The van der Waals surface area contributed by atoms with Crippen molar-refractivity contribution in [2.75, 3.05) is 5.73 Å². The van der Waals surface area contributed by atoms with E-state index in [0.717, 1.165) is 0 Å². The average Bonchev–Trinajstić information content (AvgIpc) is 2.41. The SMILES string of the molecule is CC[C@@](C(=O)O)(C(=O)OC(C)(C)C)c1cc(F)c(F)c(N)c1F. The average molecular weight is 333 g/mol. The van der Waals surface area contributed by atoms with Crippen LogP contribution in [0.15, 0.2) is 6.07 Å². The molecule has 0 bridgehead atoms. The summed E-state index contributed by atoms with van der Waals surface area (Å²) in [7, 11) is 0. The minimum atomic E-state index is -2.54. The van der Waals surface area contributed by atoms with Crippen LogP contribution in [0.2, 0.25) is 0 Å². The molecule has 0 saturated carbocycles. The number of ether oxygens (including phenoxy) is 1. The zero-order valence-corrected chi connectivity index (χ0v) is 13.2. The van der Waals surface area contributed by atoms with Crippen LogP contribution in [0.25, 0.3) is 0 Å². The Labute approximate surface area is 131 Å². The Bertz CT molecular complexity index is 655. The number of hydrogen-bond donors (Lipinski definition) is 2. The Kier molecular flexibility index (Phi) is 4.98. The van der Waals surface area contributed by atoms with E-state index >= 15 is 0 Å². The summed E-state index contributed by atoms with van der Waals surface area (Å²) in [5, 5.41) is 9.50. The predicted octanol–water partition coefficient (Wildman–Crippen LogP) is 2.76. The molecule has 1 rings (SSSR count). The number of carbonyl (C=O) groups is 2. The van der Waals surface area contributed by atoms with E-state index in [9.17, 15) is 27.9 Å². The number of nitrogen functional groups attached to an aromatic ring is 1. The van der Waals surface area contributed by atoms with Crippen LogP contribution in [0.4, 0.5) is 18.9 Å². The number of esters is 1. The van der Waals surface area contributed by atoms with Gasteiger partial charge in [-0.05, 0) is 33.3 Å². The van der Waals surface area contributed by atoms with Gasteiger partial charge in [-0.15, -0.1) is 0 Å². The monoisotopic (exact) mass is 333 g/mol. The molecule has 23 heavy (non-hydrogen) atoms. The second-order valence-corrected chi connectivity index (χ2v) is 6.01. The van der Waals surface area contributed by atoms with Gasteiger partial charge >= 0.3 is 11.9 Å². The maximum Gasteiger partial charge on any atom is 0.328 e. The molecule has 1 aromatic carbocycles. The van der Waals surface area contributed by atoms with Gasteiger partial charge in [0.1, 0.15) is 11.3 Å². The van der Waals surface area contributed by atoms with Crippen molar-refractivity contribution >= 4 is 17.6 Å². The van der Waals surface area contributed by atoms with Gasteiger partial charge in [0, 0.05) is 5.56 Å². The fourth-order valence-electron chi connectivity index (χ4n) is 2.10. The van der Waals surface area contributed by atoms with Crippen molar-refractivity contribution in [1.29, 1.82) is 0 Å². The van der Waals surface area contributed by atoms with E-state index in [4.69, 9.17) is 10.5 Å². The van der Waals surface area contributed by atoms with Crippen molar-refractivity contribution in [2.45, 2.75) is 45.1 Å². The lowest BCUT2D eigenvalue weighted by Crippen LogP contribution is -2.47. The number of halogens is 3. The summed E-state index contributed by atoms with van der Waals surface area (Å²) in [5.74, 6) is -7.74. The number of aliphatic carboxylic acids is 1. The third-order valence-electron chi connectivity index (χ3n) is 3.29. The van der Waals surface area contributed by atoms with Crippen molar-refractivity contribution < 1.29 is 32.6 Å². The number of rotatable bonds is 4. The van der Waals surface area contributed by atoms with Crippen molar-refractivity contribution in [1.82, 2.24) is 0 Å². The van der Waals surface area contributed by atoms with E-state index < -0.39 is 58.1 Å². The first-order chi connectivity index (χ1) is 10.4. The molecule has 0 unspecified atom stereocenters. The normalized spacial score (nSPS) is 14.2. The Morgan fingerprint density at radius 1 is 1.22 bits per heavy atom. The smallest absolute Gasteiger partial charge is 0.328 e. The number of carboxylic acid groups (broad SMARTS) is 1. The van der Waals surface area contributed by atoms with Crippen LogP contribution in [-0.2, 0) is 19.7 Å². The van der Waals surface area contributed by atoms with Gasteiger partial charge in [-0.25, -0.2) is 13.2 Å². The predicted molar refractivity (Wildman–Crippen MR) is 76.2 cm³/mol. The van der Waals surface area contributed by atoms with E-state index in [0.29, 0.717) is 6.07 Å². The first kappa shape index (κ1) is 18.8. The highest BCUT2D eigenvalue weighted by atomic mass is 19.2. The van der Waals surface area contributed by atoms with Crippen molar-refractivity contribution in [3.05, 3.63) is 29.1 Å². The molecule has 0 amide bonds. The number of benzene rings is 1. The standard InChI is InChI=1S/C15H18F3NO4/c1-5-15(12(20)21,13(22)23-14(2,3)4)7-6-8(16)10(18)11(19)9(7)17/h6H,5,19H2,1-4H3,(H,20,21)/t15-/m1/s1. The summed E-state index contributed by atoms with van der Waals surface area (Å²) in [6.07, 6.45) is -0.446. The minimum absolute atomic E-state index is 0.322. The largest absolute Gasteiger partial charge is 0.480 e. The molecule has 1 aromatic rings. The second-order valence-electron chi connectivity index (χ2n) is 6.01. The van der Waals surface area contributed by atoms with Crippen LogP contribution in [0, 0.1) is 17.5 Å². The van der Waals surface area contributed by atoms with Gasteiger partial charge in [0.25, 0.3) is 0 Å². The second kappa shape index (κ2) is 6.10. The van der Waals surface area contributed by atoms with E-state index in [1.54, 1.807) is 0 Å². The molecule has 3 N–H and O–H groups in total. The van der Waals surface area contributed by atoms with Crippen molar-refractivity contribution in [3.8, 4) is 0 Å². The highest BCUT2D eigenvalue weighted by molar-refractivity contribution is 6.05. The Morgan fingerprint density at radius 2 is 1.74 bits per heavy atom. The summed E-state index contributed by atoms with van der Waals surface area (Å²) >= 11 is 0. The van der Waals surface area contributed by atoms with Crippen LogP contribution in [-0.4, -0.2) is 22.6 Å². The number of carboxylic acids is 1. The van der Waals surface area contributed by atoms with Crippen LogP contribution in [0.3, 0.4) is 0 Å². The molecule has 0 aromatic heterocycles. The van der Waals surface area contributed by atoms with Gasteiger partial charge in [0.15, 0.2) is 22.9 Å². The fourth-order valence-corrected chi connectivity index (χ4v) is 2.10. The van der Waals surface area contributed by atoms with Crippen LogP contribution in [0.5, 0.6) is 0 Å². The lowest BCUT2D eigenvalue weighted by Gasteiger charge is -2.31. The molecule has 1 atom stereocenters. The summed E-state index contributed by atoms with van der Waals surface area (Å²) in [5.41, 5.74) is -0.545. The van der Waals surface area contributed by atoms with Crippen molar-refractivity contribution in [3.63, 3.8) is 0 Å². The van der Waals surface area contributed by atoms with Gasteiger partial charge in [0.05, 0.1) is 0 Å². The molecule has 5 nitrogen and oxygen atoms in total. The Balaban J connectivity index is 3.68. The molecule has 0 aliphatic carbocycles. The third kappa shape index (κ3) is 3.25. The lowest BCUT2D eigenvalue weighted by molar-refractivity contribution is -0.170. The van der Waals surface area contributed by atoms with Gasteiger partial charge in [-0.3, -0.25) is 9.59 Å². The molecular weight excluding hydrogens is 315 g/mol. The van der Waals surface area contributed by atoms with E-state index in [-0.39, 0.29) is 0 Å². The number of nitrogens with two attached hydrogens (primary N) is 1. The maximum absolute atomic E-state index is 14.3. The van der Waals surface area contributed by atoms with Crippen LogP contribution < -0.4 is 5.73 Å². The Hall–Kier alpha value is -2.25. The highest BCUT2D eigenvalue weighted by Crippen LogP contribution is 2.37. The van der Waals surface area contributed by atoms with E-state index in [2.05, 4.69) is 0 Å². The van der Waals surface area contributed by atoms with Gasteiger partial charge in [-0.1, -0.05) is 6.92 Å². The minimum Gasteiger partial charge on any atom is -0.480 e. The molecule has 0 radical (unpaired) electrons. The molecule has 128 valence electrons. The maximum atomic E-state index is 14.3. The molecule has 0 aliphatic heterocycles. The number of anilines is 1. The molecule has 0 spiro atoms. The summed E-state index contributed by atoms with van der Waals surface area (Å²) in [6, 6.07) is 0.322. The molecule has 8 heteroatoms. The molecule has 0 saturated heterocycles. The highest BCUT2D eigenvalue weighted by Gasteiger charge is 2.51. The third-order valence-corrected chi connectivity index (χ3v) is 3.29. The summed E-state index contributed by atoms with van der Waals surface area (Å²) in [6.45, 7) is 5.75. The summed E-state index contributed by atoms with van der Waals surface area (Å²) < 4.78 is 46.2. The van der Waals surface area contributed by atoms with E-state index in [1.807, 2.05) is 0 Å². The van der Waals surface area contributed by atoms with Gasteiger partial charge in [-0.2, -0.15) is 0 Å². The first-order valence-corrected chi connectivity index (χ1v) is 6.78. The van der Waals surface area contributed by atoms with Crippen LogP contribution >= 0.6 is 0 Å². The number of hydrogen-bond acceptors (Lipinski definition) is 4.